The van der Waals surface area contributed by atoms with Gasteiger partial charge in [-0.05, 0) is 23.6 Å². The lowest BCUT2D eigenvalue weighted by Crippen LogP contribution is -2.48. The van der Waals surface area contributed by atoms with Crippen molar-refractivity contribution >= 4 is 55.9 Å². The maximum absolute atomic E-state index is 13.0. The molecule has 1 aliphatic rings. The van der Waals surface area contributed by atoms with E-state index in [0.717, 1.165) is 16.3 Å². The van der Waals surface area contributed by atoms with Crippen molar-refractivity contribution in [2.75, 3.05) is 26.2 Å². The lowest BCUT2D eigenvalue weighted by molar-refractivity contribution is 0.180. The van der Waals surface area contributed by atoms with Crippen LogP contribution in [0.15, 0.2) is 45.3 Å². The zero-order valence-electron chi connectivity index (χ0n) is 14.7. The number of aromatic nitrogens is 1. The third-order valence-electron chi connectivity index (χ3n) is 4.55. The topological polar surface area (TPSA) is 53.5 Å². The molecule has 0 aliphatic carbocycles. The number of sulfonamides is 1. The van der Waals surface area contributed by atoms with E-state index >= 15 is 0 Å². The van der Waals surface area contributed by atoms with Crippen LogP contribution >= 0.6 is 45.9 Å². The predicted molar refractivity (Wildman–Crippen MR) is 116 cm³/mol. The number of hydrogen-bond acceptors (Lipinski definition) is 6. The fourth-order valence-corrected chi connectivity index (χ4v) is 7.15. The molecular weight excluding hydrogens is 457 g/mol. The number of hydrogen-bond donors (Lipinski definition) is 0. The number of benzene rings is 1. The summed E-state index contributed by atoms with van der Waals surface area (Å²) in [5.74, 6) is 0. The maximum atomic E-state index is 13.0. The Bertz CT molecular complexity index is 1040. The zero-order chi connectivity index (χ0) is 19.7. The number of halogens is 2. The summed E-state index contributed by atoms with van der Waals surface area (Å²) in [4.78, 5) is 6.91. The molecule has 3 aromatic rings. The highest BCUT2D eigenvalue weighted by Gasteiger charge is 2.32. The summed E-state index contributed by atoms with van der Waals surface area (Å²) in [6.07, 6.45) is 0. The molecule has 0 saturated carbocycles. The predicted octanol–water partition coefficient (Wildman–Crippen LogP) is 4.68. The SMILES string of the molecule is O=S(=O)(c1c(Cl)cccc1Cl)N1CCN(Cc2csc(-c3ccsc3)n2)CC1. The molecule has 1 fully saturated rings. The molecule has 28 heavy (non-hydrogen) atoms. The van der Waals surface area contributed by atoms with Gasteiger partial charge in [-0.25, -0.2) is 13.4 Å². The van der Waals surface area contributed by atoms with Crippen LogP contribution in [0.3, 0.4) is 0 Å². The maximum Gasteiger partial charge on any atom is 0.246 e. The summed E-state index contributed by atoms with van der Waals surface area (Å²) in [7, 11) is -3.71. The van der Waals surface area contributed by atoms with Crippen molar-refractivity contribution in [1.82, 2.24) is 14.2 Å². The van der Waals surface area contributed by atoms with E-state index in [-0.39, 0.29) is 14.9 Å². The Kier molecular flexibility index (Phi) is 6.08. The smallest absolute Gasteiger partial charge is 0.246 e. The summed E-state index contributed by atoms with van der Waals surface area (Å²) in [6, 6.07) is 6.80. The fraction of sp³-hybridized carbons (Fsp3) is 0.278. The van der Waals surface area contributed by atoms with Crippen LogP contribution in [0.25, 0.3) is 10.6 Å². The monoisotopic (exact) mass is 473 g/mol. The molecule has 0 atom stereocenters. The van der Waals surface area contributed by atoms with Gasteiger partial charge in [0.15, 0.2) is 0 Å². The molecule has 2 aromatic heterocycles. The standard InChI is InChI=1S/C18H17Cl2N3O2S3/c19-15-2-1-3-16(20)17(15)28(24,25)23-7-5-22(6-8-23)10-14-12-27-18(21-14)13-4-9-26-11-13/h1-4,9,11-12H,5-8,10H2. The normalized spacial score (nSPS) is 16.5. The molecule has 0 unspecified atom stereocenters. The van der Waals surface area contributed by atoms with E-state index in [0.29, 0.717) is 32.7 Å². The third-order valence-corrected chi connectivity index (χ3v) is 9.03. The van der Waals surface area contributed by atoms with Crippen LogP contribution in [-0.2, 0) is 16.6 Å². The van der Waals surface area contributed by atoms with Crippen LogP contribution in [0.5, 0.6) is 0 Å². The first kappa shape index (κ1) is 20.3. The van der Waals surface area contributed by atoms with E-state index in [2.05, 4.69) is 21.7 Å². The Balaban J connectivity index is 1.41. The average molecular weight is 474 g/mol. The van der Waals surface area contributed by atoms with Crippen molar-refractivity contribution in [3.8, 4) is 10.6 Å². The molecule has 4 rings (SSSR count). The summed E-state index contributed by atoms with van der Waals surface area (Å²) in [5.41, 5.74) is 2.16. The lowest BCUT2D eigenvalue weighted by Gasteiger charge is -2.33. The second-order valence-corrected chi connectivity index (χ2v) is 10.7. The Morgan fingerprint density at radius 1 is 1.04 bits per heavy atom. The molecule has 148 valence electrons. The summed E-state index contributed by atoms with van der Waals surface area (Å²) < 4.78 is 27.4. The number of piperazine rings is 1. The van der Waals surface area contributed by atoms with Crippen LogP contribution < -0.4 is 0 Å². The molecule has 1 aromatic carbocycles. The average Bonchev–Trinajstić information content (AvgIpc) is 3.33. The first-order valence-corrected chi connectivity index (χ1v) is 12.6. The van der Waals surface area contributed by atoms with Crippen LogP contribution in [0, 0.1) is 0 Å². The van der Waals surface area contributed by atoms with E-state index in [1.807, 2.05) is 5.38 Å². The number of thiophene rings is 1. The van der Waals surface area contributed by atoms with Gasteiger partial charge < -0.3 is 0 Å². The zero-order valence-corrected chi connectivity index (χ0v) is 18.7. The van der Waals surface area contributed by atoms with E-state index in [4.69, 9.17) is 28.2 Å². The van der Waals surface area contributed by atoms with Crippen molar-refractivity contribution in [2.45, 2.75) is 11.4 Å². The Labute approximate surface area is 182 Å². The van der Waals surface area contributed by atoms with Crippen molar-refractivity contribution in [3.05, 3.63) is 56.1 Å². The van der Waals surface area contributed by atoms with Crippen LogP contribution in [0.2, 0.25) is 10.0 Å². The highest BCUT2D eigenvalue weighted by molar-refractivity contribution is 7.89. The second-order valence-electron chi connectivity index (χ2n) is 6.39. The van der Waals surface area contributed by atoms with Gasteiger partial charge >= 0.3 is 0 Å². The van der Waals surface area contributed by atoms with Crippen LogP contribution in [-0.4, -0.2) is 48.8 Å². The van der Waals surface area contributed by atoms with Gasteiger partial charge in [-0.1, -0.05) is 29.3 Å². The first-order valence-electron chi connectivity index (χ1n) is 8.58. The van der Waals surface area contributed by atoms with E-state index in [1.54, 1.807) is 40.9 Å². The Morgan fingerprint density at radius 2 is 1.75 bits per heavy atom. The van der Waals surface area contributed by atoms with Crippen LogP contribution in [0.1, 0.15) is 5.69 Å². The number of nitrogens with zero attached hydrogens (tertiary/aromatic N) is 3. The van der Waals surface area contributed by atoms with Crippen molar-refractivity contribution < 1.29 is 8.42 Å². The first-order chi connectivity index (χ1) is 13.4. The van der Waals surface area contributed by atoms with Crippen molar-refractivity contribution in [3.63, 3.8) is 0 Å². The Morgan fingerprint density at radius 3 is 2.39 bits per heavy atom. The molecule has 3 heterocycles. The van der Waals surface area contributed by atoms with Gasteiger partial charge in [0.25, 0.3) is 0 Å². The van der Waals surface area contributed by atoms with Gasteiger partial charge in [0.2, 0.25) is 10.0 Å². The quantitative estimate of drug-likeness (QED) is 0.539. The molecule has 0 amide bonds. The summed E-state index contributed by atoms with van der Waals surface area (Å²) in [6.45, 7) is 2.76. The summed E-state index contributed by atoms with van der Waals surface area (Å²) in [5, 5.41) is 7.52. The second kappa shape index (κ2) is 8.39. The molecule has 0 spiro atoms. The molecule has 10 heteroatoms. The van der Waals surface area contributed by atoms with Crippen LogP contribution in [0.4, 0.5) is 0 Å². The van der Waals surface area contributed by atoms with Gasteiger partial charge in [0.05, 0.1) is 15.7 Å². The molecule has 5 nitrogen and oxygen atoms in total. The van der Waals surface area contributed by atoms with E-state index in [9.17, 15) is 8.42 Å². The van der Waals surface area contributed by atoms with Gasteiger partial charge in [0, 0.05) is 49.0 Å². The molecule has 0 radical (unpaired) electrons. The van der Waals surface area contributed by atoms with Gasteiger partial charge in [-0.3, -0.25) is 4.90 Å². The molecule has 0 N–H and O–H groups in total. The molecule has 1 aliphatic heterocycles. The Hall–Kier alpha value is -1.00. The minimum atomic E-state index is -3.71. The summed E-state index contributed by atoms with van der Waals surface area (Å²) >= 11 is 15.5. The number of thiazole rings is 1. The van der Waals surface area contributed by atoms with E-state index in [1.165, 1.54) is 4.31 Å². The van der Waals surface area contributed by atoms with Gasteiger partial charge in [-0.2, -0.15) is 15.6 Å². The highest BCUT2D eigenvalue weighted by Crippen LogP contribution is 2.32. The van der Waals surface area contributed by atoms with Gasteiger partial charge in [0.1, 0.15) is 9.90 Å². The lowest BCUT2D eigenvalue weighted by atomic mass is 10.3. The molecule has 0 bridgehead atoms. The number of rotatable bonds is 5. The largest absolute Gasteiger partial charge is 0.295 e. The third kappa shape index (κ3) is 4.14. The highest BCUT2D eigenvalue weighted by atomic mass is 35.5. The van der Waals surface area contributed by atoms with Gasteiger partial charge in [-0.15, -0.1) is 11.3 Å². The fourth-order valence-electron chi connectivity index (χ4n) is 3.11. The van der Waals surface area contributed by atoms with Crippen molar-refractivity contribution in [1.29, 1.82) is 0 Å². The van der Waals surface area contributed by atoms with E-state index < -0.39 is 10.0 Å². The minimum Gasteiger partial charge on any atom is -0.295 e. The van der Waals surface area contributed by atoms with Crippen molar-refractivity contribution in [2.24, 2.45) is 0 Å². The minimum absolute atomic E-state index is 0.00770. The molecular formula is C18H17Cl2N3O2S3. The molecule has 1 saturated heterocycles.